The van der Waals surface area contributed by atoms with E-state index in [0.29, 0.717) is 30.1 Å². The molecule has 3 rings (SSSR count). The quantitative estimate of drug-likeness (QED) is 0.638. The van der Waals surface area contributed by atoms with E-state index in [1.807, 2.05) is 16.9 Å². The van der Waals surface area contributed by atoms with E-state index in [1.165, 1.54) is 6.07 Å². The van der Waals surface area contributed by atoms with Crippen LogP contribution in [0.25, 0.3) is 0 Å². The summed E-state index contributed by atoms with van der Waals surface area (Å²) in [6, 6.07) is 6.59. The van der Waals surface area contributed by atoms with Gasteiger partial charge in [0.1, 0.15) is 0 Å². The molecular formula is C17H20N4O3. The number of nitro benzene ring substituents is 1. The number of piperidine rings is 1. The van der Waals surface area contributed by atoms with Gasteiger partial charge < -0.3 is 4.90 Å². The number of aryl methyl sites for hydroxylation is 1. The Hall–Kier alpha value is -2.70. The zero-order chi connectivity index (χ0) is 17.1. The fourth-order valence-corrected chi connectivity index (χ4v) is 3.11. The van der Waals surface area contributed by atoms with Crippen molar-refractivity contribution in [1.29, 1.82) is 0 Å². The van der Waals surface area contributed by atoms with Crippen molar-refractivity contribution in [3.05, 3.63) is 57.9 Å². The average Bonchev–Trinajstić information content (AvgIpc) is 3.08. The van der Waals surface area contributed by atoms with E-state index < -0.39 is 4.92 Å². The predicted molar refractivity (Wildman–Crippen MR) is 88.7 cm³/mol. The monoisotopic (exact) mass is 328 g/mol. The lowest BCUT2D eigenvalue weighted by atomic mass is 9.96. The molecule has 24 heavy (non-hydrogen) atoms. The second-order valence-electron chi connectivity index (χ2n) is 6.22. The summed E-state index contributed by atoms with van der Waals surface area (Å²) in [7, 11) is 0. The highest BCUT2D eigenvalue weighted by molar-refractivity contribution is 5.95. The molecule has 1 saturated heterocycles. The number of nitrogens with zero attached hydrogens (tertiary/aromatic N) is 4. The molecule has 126 valence electrons. The third-order valence-corrected chi connectivity index (χ3v) is 4.56. The number of likely N-dealkylation sites (tertiary alicyclic amines) is 1. The van der Waals surface area contributed by atoms with Gasteiger partial charge in [-0.15, -0.1) is 0 Å². The Kier molecular flexibility index (Phi) is 4.59. The minimum Gasteiger partial charge on any atom is -0.339 e. The molecule has 1 aromatic carbocycles. The minimum absolute atomic E-state index is 0.00517. The topological polar surface area (TPSA) is 81.3 Å². The number of rotatable bonds is 4. The van der Waals surface area contributed by atoms with Crippen molar-refractivity contribution in [3.8, 4) is 0 Å². The molecule has 0 atom stereocenters. The lowest BCUT2D eigenvalue weighted by Crippen LogP contribution is -2.39. The minimum atomic E-state index is -0.442. The first-order valence-corrected chi connectivity index (χ1v) is 8.06. The van der Waals surface area contributed by atoms with Crippen molar-refractivity contribution in [2.45, 2.75) is 26.3 Å². The van der Waals surface area contributed by atoms with Gasteiger partial charge in [-0.3, -0.25) is 19.6 Å². The van der Waals surface area contributed by atoms with Crippen LogP contribution in [0, 0.1) is 23.0 Å². The summed E-state index contributed by atoms with van der Waals surface area (Å²) in [6.45, 7) is 3.89. The molecule has 0 bridgehead atoms. The summed E-state index contributed by atoms with van der Waals surface area (Å²) in [5, 5.41) is 15.3. The standard InChI is InChI=1S/C17H20N4O3/c1-13-3-4-15(11-16(13)21(23)24)17(22)19-9-5-14(6-10-19)12-20-8-2-7-18-20/h2-4,7-8,11,14H,5-6,9-10,12H2,1H3. The first-order chi connectivity index (χ1) is 11.5. The lowest BCUT2D eigenvalue weighted by molar-refractivity contribution is -0.385. The maximum atomic E-state index is 12.6. The third kappa shape index (κ3) is 3.45. The van der Waals surface area contributed by atoms with E-state index in [2.05, 4.69) is 5.10 Å². The van der Waals surface area contributed by atoms with Gasteiger partial charge in [-0.2, -0.15) is 5.10 Å². The fourth-order valence-electron chi connectivity index (χ4n) is 3.11. The van der Waals surface area contributed by atoms with Crippen molar-refractivity contribution >= 4 is 11.6 Å². The number of amides is 1. The summed E-state index contributed by atoms with van der Waals surface area (Å²) < 4.78 is 1.92. The summed E-state index contributed by atoms with van der Waals surface area (Å²) >= 11 is 0. The molecule has 0 spiro atoms. The molecule has 0 N–H and O–H groups in total. The lowest BCUT2D eigenvalue weighted by Gasteiger charge is -2.32. The Morgan fingerprint density at radius 2 is 2.12 bits per heavy atom. The van der Waals surface area contributed by atoms with E-state index in [-0.39, 0.29) is 11.6 Å². The largest absolute Gasteiger partial charge is 0.339 e. The number of hydrogen-bond acceptors (Lipinski definition) is 4. The molecule has 7 nitrogen and oxygen atoms in total. The Bertz CT molecular complexity index is 734. The van der Waals surface area contributed by atoms with Gasteiger partial charge in [0.25, 0.3) is 11.6 Å². The number of carbonyl (C=O) groups is 1. The maximum absolute atomic E-state index is 12.6. The normalized spacial score (nSPS) is 15.5. The van der Waals surface area contributed by atoms with Gasteiger partial charge in [0, 0.05) is 49.2 Å². The van der Waals surface area contributed by atoms with Gasteiger partial charge in [-0.05, 0) is 37.8 Å². The molecule has 0 aliphatic carbocycles. The molecule has 1 amide bonds. The van der Waals surface area contributed by atoms with E-state index in [0.717, 1.165) is 19.4 Å². The van der Waals surface area contributed by atoms with Crippen LogP contribution in [0.4, 0.5) is 5.69 Å². The van der Waals surface area contributed by atoms with Crippen LogP contribution in [0.3, 0.4) is 0 Å². The van der Waals surface area contributed by atoms with Gasteiger partial charge in [0.05, 0.1) is 4.92 Å². The molecule has 0 radical (unpaired) electrons. The van der Waals surface area contributed by atoms with Crippen molar-refractivity contribution in [2.75, 3.05) is 13.1 Å². The van der Waals surface area contributed by atoms with Gasteiger partial charge >= 0.3 is 0 Å². The Balaban J connectivity index is 1.63. The van der Waals surface area contributed by atoms with Crippen molar-refractivity contribution in [2.24, 2.45) is 5.92 Å². The van der Waals surface area contributed by atoms with E-state index >= 15 is 0 Å². The molecule has 7 heteroatoms. The highest BCUT2D eigenvalue weighted by atomic mass is 16.6. The second kappa shape index (κ2) is 6.82. The molecule has 0 saturated carbocycles. The smallest absolute Gasteiger partial charge is 0.273 e. The fraction of sp³-hybridized carbons (Fsp3) is 0.412. The number of aromatic nitrogens is 2. The summed E-state index contributed by atoms with van der Waals surface area (Å²) in [5.41, 5.74) is 0.946. The molecule has 1 aliphatic rings. The molecule has 0 unspecified atom stereocenters. The number of carbonyl (C=O) groups excluding carboxylic acids is 1. The summed E-state index contributed by atoms with van der Waals surface area (Å²) in [4.78, 5) is 25.0. The van der Waals surface area contributed by atoms with Crippen LogP contribution in [0.5, 0.6) is 0 Å². The predicted octanol–water partition coefficient (Wildman–Crippen LogP) is 2.65. The van der Waals surface area contributed by atoms with Crippen LogP contribution < -0.4 is 0 Å². The SMILES string of the molecule is Cc1ccc(C(=O)N2CCC(Cn3cccn3)CC2)cc1[N+](=O)[O-]. The highest BCUT2D eigenvalue weighted by Crippen LogP contribution is 2.23. The molecular weight excluding hydrogens is 308 g/mol. The molecule has 1 aromatic heterocycles. The third-order valence-electron chi connectivity index (χ3n) is 4.56. The number of hydrogen-bond donors (Lipinski definition) is 0. The van der Waals surface area contributed by atoms with Crippen LogP contribution in [-0.2, 0) is 6.54 Å². The number of benzene rings is 1. The van der Waals surface area contributed by atoms with Crippen molar-refractivity contribution < 1.29 is 9.72 Å². The van der Waals surface area contributed by atoms with E-state index in [4.69, 9.17) is 0 Å². The Morgan fingerprint density at radius 3 is 2.75 bits per heavy atom. The van der Waals surface area contributed by atoms with Crippen molar-refractivity contribution in [3.63, 3.8) is 0 Å². The zero-order valence-corrected chi connectivity index (χ0v) is 13.6. The van der Waals surface area contributed by atoms with E-state index in [9.17, 15) is 14.9 Å². The molecule has 1 aliphatic heterocycles. The van der Waals surface area contributed by atoms with Crippen LogP contribution in [-0.4, -0.2) is 38.6 Å². The molecule has 2 heterocycles. The Labute approximate surface area is 140 Å². The first-order valence-electron chi connectivity index (χ1n) is 8.06. The van der Waals surface area contributed by atoms with Crippen LogP contribution in [0.1, 0.15) is 28.8 Å². The second-order valence-corrected chi connectivity index (χ2v) is 6.22. The van der Waals surface area contributed by atoms with E-state index in [1.54, 1.807) is 30.2 Å². The van der Waals surface area contributed by atoms with Gasteiger partial charge in [0.15, 0.2) is 0 Å². The van der Waals surface area contributed by atoms with Gasteiger partial charge in [-0.25, -0.2) is 0 Å². The molecule has 1 fully saturated rings. The average molecular weight is 328 g/mol. The summed E-state index contributed by atoms with van der Waals surface area (Å²) in [6.07, 6.45) is 5.55. The van der Waals surface area contributed by atoms with Gasteiger partial charge in [0.2, 0.25) is 0 Å². The first kappa shape index (κ1) is 16.2. The van der Waals surface area contributed by atoms with Crippen LogP contribution in [0.15, 0.2) is 36.7 Å². The summed E-state index contributed by atoms with van der Waals surface area (Å²) in [5.74, 6) is 0.372. The maximum Gasteiger partial charge on any atom is 0.273 e. The molecule has 2 aromatic rings. The number of nitro groups is 1. The van der Waals surface area contributed by atoms with Crippen LogP contribution in [0.2, 0.25) is 0 Å². The van der Waals surface area contributed by atoms with Crippen LogP contribution >= 0.6 is 0 Å². The van der Waals surface area contributed by atoms with Crippen molar-refractivity contribution in [1.82, 2.24) is 14.7 Å². The van der Waals surface area contributed by atoms with Gasteiger partial charge in [-0.1, -0.05) is 6.07 Å². The highest BCUT2D eigenvalue weighted by Gasteiger charge is 2.25. The zero-order valence-electron chi connectivity index (χ0n) is 13.6. The Morgan fingerprint density at radius 1 is 1.38 bits per heavy atom.